The van der Waals surface area contributed by atoms with Gasteiger partial charge in [0, 0.05) is 50.3 Å². The number of fused-ring (bicyclic) bond motifs is 2. The van der Waals surface area contributed by atoms with E-state index in [0.29, 0.717) is 6.04 Å². The Morgan fingerprint density at radius 1 is 1.20 bits per heavy atom. The van der Waals surface area contributed by atoms with Gasteiger partial charge in [-0.2, -0.15) is 0 Å². The van der Waals surface area contributed by atoms with E-state index in [1.807, 2.05) is 22.9 Å². The average Bonchev–Trinajstić information content (AvgIpc) is 3.01. The lowest BCUT2D eigenvalue weighted by Gasteiger charge is -2.37. The zero-order chi connectivity index (χ0) is 13.7. The summed E-state index contributed by atoms with van der Waals surface area (Å²) in [7, 11) is 1.89. The molecule has 2 aliphatic heterocycles. The number of H-pyrrole nitrogens is 1. The smallest absolute Gasteiger partial charge is 0.320 e. The van der Waals surface area contributed by atoms with Crippen molar-refractivity contribution in [2.45, 2.75) is 6.04 Å². The molecule has 2 aliphatic rings. The molecule has 20 heavy (non-hydrogen) atoms. The molecule has 1 N–H and O–H groups in total. The summed E-state index contributed by atoms with van der Waals surface area (Å²) >= 11 is 0. The number of nitrogens with one attached hydrogen (secondary N) is 1. The van der Waals surface area contributed by atoms with Crippen LogP contribution in [0.1, 0.15) is 0 Å². The largest absolute Gasteiger partial charge is 0.366 e. The van der Waals surface area contributed by atoms with Crippen LogP contribution >= 0.6 is 0 Å². The van der Waals surface area contributed by atoms with Gasteiger partial charge in [0.15, 0.2) is 0 Å². The highest BCUT2D eigenvalue weighted by Gasteiger charge is 2.39. The number of aromatic amines is 1. The molecule has 0 bridgehead atoms. The van der Waals surface area contributed by atoms with Crippen LogP contribution in [0.4, 0.5) is 10.5 Å². The molecule has 2 fully saturated rings. The van der Waals surface area contributed by atoms with Gasteiger partial charge in [0.05, 0.1) is 11.7 Å². The molecule has 1 aromatic carbocycles. The highest BCUT2D eigenvalue weighted by Crippen LogP contribution is 2.29. The van der Waals surface area contributed by atoms with E-state index in [9.17, 15) is 4.79 Å². The minimum atomic E-state index is 0.175. The van der Waals surface area contributed by atoms with Gasteiger partial charge in [0.2, 0.25) is 0 Å². The summed E-state index contributed by atoms with van der Waals surface area (Å²) in [5.41, 5.74) is 2.42. The highest BCUT2D eigenvalue weighted by molar-refractivity contribution is 5.93. The molecule has 0 spiro atoms. The topological polar surface area (TPSA) is 42.6 Å². The molecule has 1 aromatic heterocycles. The van der Waals surface area contributed by atoms with Gasteiger partial charge in [0.25, 0.3) is 0 Å². The van der Waals surface area contributed by atoms with Crippen LogP contribution in [0.5, 0.6) is 0 Å². The Hall–Kier alpha value is -2.17. The predicted octanol–water partition coefficient (Wildman–Crippen LogP) is 1.72. The van der Waals surface area contributed by atoms with Crippen molar-refractivity contribution in [2.75, 3.05) is 38.1 Å². The number of carbonyl (C=O) groups excluding carboxylic acids is 1. The number of rotatable bonds is 1. The number of para-hydroxylation sites is 1. The molecule has 4 rings (SSSR count). The molecule has 0 radical (unpaired) electrons. The molecule has 5 nitrogen and oxygen atoms in total. The summed E-state index contributed by atoms with van der Waals surface area (Å²) in [6.45, 7) is 3.46. The summed E-state index contributed by atoms with van der Waals surface area (Å²) in [4.78, 5) is 21.5. The first-order valence-electron chi connectivity index (χ1n) is 7.07. The number of aromatic nitrogens is 1. The number of hydrogen-bond acceptors (Lipinski definition) is 2. The standard InChI is InChI=1S/C15H18N4O/c1-17-9-11-10-18(6-7-19(11)15(17)20)14-8-16-13-5-3-2-4-12(13)14/h2-5,8,11,16H,6-7,9-10H2,1H3. The van der Waals surface area contributed by atoms with Crippen molar-refractivity contribution in [3.8, 4) is 0 Å². The molecule has 3 heterocycles. The monoisotopic (exact) mass is 270 g/mol. The molecule has 2 amide bonds. The van der Waals surface area contributed by atoms with Gasteiger partial charge in [-0.1, -0.05) is 18.2 Å². The summed E-state index contributed by atoms with van der Waals surface area (Å²) in [6, 6.07) is 8.86. The third kappa shape index (κ3) is 1.59. The summed E-state index contributed by atoms with van der Waals surface area (Å²) < 4.78 is 0. The van der Waals surface area contributed by atoms with Crippen molar-refractivity contribution >= 4 is 22.6 Å². The molecule has 1 unspecified atom stereocenters. The van der Waals surface area contributed by atoms with Crippen LogP contribution in [-0.2, 0) is 0 Å². The number of benzene rings is 1. The second-order valence-electron chi connectivity index (χ2n) is 5.68. The Morgan fingerprint density at radius 2 is 2.05 bits per heavy atom. The fourth-order valence-electron chi connectivity index (χ4n) is 3.41. The predicted molar refractivity (Wildman–Crippen MR) is 79.0 cm³/mol. The van der Waals surface area contributed by atoms with Crippen molar-refractivity contribution in [3.05, 3.63) is 30.5 Å². The van der Waals surface area contributed by atoms with E-state index in [1.165, 1.54) is 16.6 Å². The lowest BCUT2D eigenvalue weighted by atomic mass is 10.1. The maximum absolute atomic E-state index is 12.0. The second-order valence-corrected chi connectivity index (χ2v) is 5.68. The Bertz CT molecular complexity index is 665. The maximum Gasteiger partial charge on any atom is 0.320 e. The highest BCUT2D eigenvalue weighted by atomic mass is 16.2. The number of anilines is 1. The van der Waals surface area contributed by atoms with Crippen LogP contribution in [0.15, 0.2) is 30.5 Å². The van der Waals surface area contributed by atoms with Crippen LogP contribution in [-0.4, -0.2) is 60.1 Å². The van der Waals surface area contributed by atoms with Crippen LogP contribution in [0, 0.1) is 0 Å². The number of nitrogens with zero attached hydrogens (tertiary/aromatic N) is 3. The fourth-order valence-corrected chi connectivity index (χ4v) is 3.41. The number of amides is 2. The number of urea groups is 1. The van der Waals surface area contributed by atoms with Crippen LogP contribution in [0.2, 0.25) is 0 Å². The van der Waals surface area contributed by atoms with E-state index >= 15 is 0 Å². The van der Waals surface area contributed by atoms with Crippen molar-refractivity contribution in [1.29, 1.82) is 0 Å². The molecular weight excluding hydrogens is 252 g/mol. The zero-order valence-corrected chi connectivity index (χ0v) is 11.5. The first-order chi connectivity index (χ1) is 9.74. The van der Waals surface area contributed by atoms with E-state index in [-0.39, 0.29) is 6.03 Å². The van der Waals surface area contributed by atoms with Gasteiger partial charge in [-0.3, -0.25) is 0 Å². The van der Waals surface area contributed by atoms with Crippen molar-refractivity contribution < 1.29 is 4.79 Å². The van der Waals surface area contributed by atoms with Crippen LogP contribution in [0.3, 0.4) is 0 Å². The van der Waals surface area contributed by atoms with Gasteiger partial charge < -0.3 is 19.7 Å². The molecule has 0 aliphatic carbocycles. The molecular formula is C15H18N4O. The Kier molecular flexibility index (Phi) is 2.42. The Balaban J connectivity index is 1.63. The van der Waals surface area contributed by atoms with Crippen molar-refractivity contribution in [1.82, 2.24) is 14.8 Å². The molecule has 1 atom stereocenters. The number of piperazine rings is 1. The summed E-state index contributed by atoms with van der Waals surface area (Å²) in [5.74, 6) is 0. The first-order valence-corrected chi connectivity index (χ1v) is 7.07. The van der Waals surface area contributed by atoms with Gasteiger partial charge in [-0.25, -0.2) is 4.79 Å². The van der Waals surface area contributed by atoms with Gasteiger partial charge in [-0.15, -0.1) is 0 Å². The van der Waals surface area contributed by atoms with E-state index in [4.69, 9.17) is 0 Å². The van der Waals surface area contributed by atoms with E-state index < -0.39 is 0 Å². The molecule has 2 saturated heterocycles. The Morgan fingerprint density at radius 3 is 2.95 bits per heavy atom. The quantitative estimate of drug-likeness (QED) is 0.857. The van der Waals surface area contributed by atoms with Crippen LogP contribution in [0.25, 0.3) is 10.9 Å². The van der Waals surface area contributed by atoms with E-state index in [1.54, 1.807) is 0 Å². The number of hydrogen-bond donors (Lipinski definition) is 1. The van der Waals surface area contributed by atoms with E-state index in [2.05, 4.69) is 34.3 Å². The lowest BCUT2D eigenvalue weighted by Crippen LogP contribution is -2.52. The fraction of sp³-hybridized carbons (Fsp3) is 0.400. The normalized spacial score (nSPS) is 22.8. The van der Waals surface area contributed by atoms with Gasteiger partial charge in [0.1, 0.15) is 0 Å². The average molecular weight is 270 g/mol. The minimum absolute atomic E-state index is 0.175. The van der Waals surface area contributed by atoms with E-state index in [0.717, 1.165) is 26.2 Å². The molecule has 0 saturated carbocycles. The first kappa shape index (κ1) is 11.6. The van der Waals surface area contributed by atoms with Crippen molar-refractivity contribution in [2.24, 2.45) is 0 Å². The number of likely N-dealkylation sites (N-methyl/N-ethyl adjacent to an activating group) is 1. The summed E-state index contributed by atoms with van der Waals surface area (Å²) in [5, 5.41) is 1.26. The number of carbonyl (C=O) groups is 1. The molecule has 104 valence electrons. The SMILES string of the molecule is CN1CC2CN(c3c[nH]c4ccccc34)CCN2C1=O. The third-order valence-electron chi connectivity index (χ3n) is 4.45. The minimum Gasteiger partial charge on any atom is -0.366 e. The van der Waals surface area contributed by atoms with Gasteiger partial charge in [-0.05, 0) is 6.07 Å². The van der Waals surface area contributed by atoms with Crippen LogP contribution < -0.4 is 4.90 Å². The molecule has 5 heteroatoms. The van der Waals surface area contributed by atoms with Gasteiger partial charge >= 0.3 is 6.03 Å². The zero-order valence-electron chi connectivity index (χ0n) is 11.5. The lowest BCUT2D eigenvalue weighted by molar-refractivity contribution is 0.187. The Labute approximate surface area is 117 Å². The maximum atomic E-state index is 12.0. The third-order valence-corrected chi connectivity index (χ3v) is 4.45. The van der Waals surface area contributed by atoms with Crippen molar-refractivity contribution in [3.63, 3.8) is 0 Å². The molecule has 2 aromatic rings. The summed E-state index contributed by atoms with van der Waals surface area (Å²) in [6.07, 6.45) is 2.08. The second kappa shape index (κ2) is 4.16.